The van der Waals surface area contributed by atoms with Crippen molar-refractivity contribution in [2.45, 2.75) is 0 Å². The summed E-state index contributed by atoms with van der Waals surface area (Å²) in [6, 6.07) is 12.6. The summed E-state index contributed by atoms with van der Waals surface area (Å²) in [5.41, 5.74) is 1.49. The first-order chi connectivity index (χ1) is 9.22. The highest BCUT2D eigenvalue weighted by molar-refractivity contribution is 6.40. The molecule has 94 valence electrons. The minimum Gasteiger partial charge on any atom is -0.343 e. The zero-order chi connectivity index (χ0) is 13.4. The predicted molar refractivity (Wildman–Crippen MR) is 75.5 cm³/mol. The van der Waals surface area contributed by atoms with E-state index in [0.717, 1.165) is 10.9 Å². The quantitative estimate of drug-likeness (QED) is 0.626. The predicted octanol–water partition coefficient (Wildman–Crippen LogP) is 4.35. The molecule has 2 aromatic carbocycles. The van der Waals surface area contributed by atoms with Crippen LogP contribution < -0.4 is 0 Å². The second-order valence-corrected chi connectivity index (χ2v) is 4.54. The molecular formula is C14H7Cl2NO2. The molecule has 1 aromatic heterocycles. The highest BCUT2D eigenvalue weighted by Crippen LogP contribution is 2.31. The Labute approximate surface area is 118 Å². The molecule has 3 aromatic rings. The maximum Gasteiger partial charge on any atom is 0.358 e. The molecule has 0 unspecified atom stereocenters. The molecule has 0 aliphatic heterocycles. The number of hydrogen-bond donors (Lipinski definition) is 0. The van der Waals surface area contributed by atoms with Crippen LogP contribution in [0.25, 0.3) is 21.8 Å². The maximum absolute atomic E-state index is 11.6. The van der Waals surface area contributed by atoms with Crippen molar-refractivity contribution in [3.05, 3.63) is 53.1 Å². The number of hydrogen-bond acceptors (Lipinski definition) is 3. The van der Waals surface area contributed by atoms with Crippen molar-refractivity contribution < 1.29 is 9.08 Å². The van der Waals surface area contributed by atoms with Gasteiger partial charge in [0.2, 0.25) is 0 Å². The normalized spacial score (nSPS) is 10.8. The molecule has 0 amide bonds. The van der Waals surface area contributed by atoms with E-state index in [1.165, 1.54) is 0 Å². The van der Waals surface area contributed by atoms with Crippen LogP contribution in [0.2, 0.25) is 5.02 Å². The molecule has 3 nitrogen and oxygen atoms in total. The minimum atomic E-state index is -0.647. The summed E-state index contributed by atoms with van der Waals surface area (Å²) in [4.78, 5) is 16.1. The number of fused-ring (bicyclic) bond motifs is 2. The van der Waals surface area contributed by atoms with E-state index in [2.05, 4.69) is 9.27 Å². The number of pyridine rings is 1. The van der Waals surface area contributed by atoms with Crippen LogP contribution in [0.1, 0.15) is 10.4 Å². The SMILES string of the molecule is O=C(OCl)c1cccc2c(Cl)c3ccccc3nc12. The Morgan fingerprint density at radius 3 is 2.58 bits per heavy atom. The lowest BCUT2D eigenvalue weighted by molar-refractivity contribution is 0.0753. The van der Waals surface area contributed by atoms with Crippen LogP contribution in [0.5, 0.6) is 0 Å². The average molecular weight is 292 g/mol. The lowest BCUT2D eigenvalue weighted by Gasteiger charge is -2.07. The summed E-state index contributed by atoms with van der Waals surface area (Å²) in [7, 11) is 0. The number of nitrogens with zero attached hydrogens (tertiary/aromatic N) is 1. The van der Waals surface area contributed by atoms with Crippen LogP contribution >= 0.6 is 23.5 Å². The summed E-state index contributed by atoms with van der Waals surface area (Å²) in [6.07, 6.45) is 0. The molecule has 0 atom stereocenters. The highest BCUT2D eigenvalue weighted by Gasteiger charge is 2.15. The van der Waals surface area contributed by atoms with E-state index in [9.17, 15) is 4.79 Å². The second-order valence-electron chi connectivity index (χ2n) is 4.01. The van der Waals surface area contributed by atoms with Gasteiger partial charge in [-0.3, -0.25) is 0 Å². The molecule has 5 heteroatoms. The van der Waals surface area contributed by atoms with Crippen LogP contribution in [0, 0.1) is 0 Å². The number of para-hydroxylation sites is 2. The van der Waals surface area contributed by atoms with Gasteiger partial charge in [-0.25, -0.2) is 9.78 Å². The van der Waals surface area contributed by atoms with Gasteiger partial charge in [0.25, 0.3) is 0 Å². The molecule has 0 bridgehead atoms. The van der Waals surface area contributed by atoms with Crippen molar-refractivity contribution >= 4 is 51.2 Å². The second kappa shape index (κ2) is 4.68. The fourth-order valence-corrected chi connectivity index (χ4v) is 2.47. The summed E-state index contributed by atoms with van der Waals surface area (Å²) < 4.78 is 4.25. The first kappa shape index (κ1) is 12.2. The van der Waals surface area contributed by atoms with E-state index in [4.69, 9.17) is 23.5 Å². The Morgan fingerprint density at radius 2 is 1.79 bits per heavy atom. The maximum atomic E-state index is 11.6. The van der Waals surface area contributed by atoms with E-state index in [-0.39, 0.29) is 0 Å². The standard InChI is InChI=1S/C14H7Cl2NO2/c15-12-8-4-1-2-7-11(8)17-13-9(12)5-3-6-10(13)14(18)19-16/h1-7H. The average Bonchev–Trinajstić information content (AvgIpc) is 2.46. The van der Waals surface area contributed by atoms with Gasteiger partial charge in [-0.15, -0.1) is 0 Å². The van der Waals surface area contributed by atoms with Crippen LogP contribution in [0.15, 0.2) is 42.5 Å². The third kappa shape index (κ3) is 1.91. The monoisotopic (exact) mass is 291 g/mol. The van der Waals surface area contributed by atoms with E-state index < -0.39 is 5.97 Å². The Morgan fingerprint density at radius 1 is 1.05 bits per heavy atom. The molecule has 0 fully saturated rings. The number of carbonyl (C=O) groups excluding carboxylic acids is 1. The topological polar surface area (TPSA) is 39.2 Å². The molecule has 1 heterocycles. The molecule has 3 rings (SSSR count). The Kier molecular flexibility index (Phi) is 3.01. The zero-order valence-electron chi connectivity index (χ0n) is 9.56. The molecule has 0 spiro atoms. The van der Waals surface area contributed by atoms with Gasteiger partial charge in [-0.05, 0) is 12.1 Å². The van der Waals surface area contributed by atoms with Gasteiger partial charge in [-0.2, -0.15) is 0 Å². The summed E-state index contributed by atoms with van der Waals surface area (Å²) in [6.45, 7) is 0. The first-order valence-corrected chi connectivity index (χ1v) is 6.21. The van der Waals surface area contributed by atoms with Gasteiger partial charge >= 0.3 is 5.97 Å². The molecule has 0 aliphatic rings. The Bertz CT molecular complexity index is 802. The molecular weight excluding hydrogens is 285 g/mol. The smallest absolute Gasteiger partial charge is 0.343 e. The highest BCUT2D eigenvalue weighted by atomic mass is 35.5. The number of halogens is 2. The van der Waals surface area contributed by atoms with Crippen LogP contribution in [0.3, 0.4) is 0 Å². The van der Waals surface area contributed by atoms with Crippen LogP contribution in [-0.2, 0) is 4.29 Å². The number of benzene rings is 2. The molecule has 0 aliphatic carbocycles. The van der Waals surface area contributed by atoms with Gasteiger partial charge in [0.05, 0.1) is 21.6 Å². The Balaban J connectivity index is 2.47. The van der Waals surface area contributed by atoms with Gasteiger partial charge in [0, 0.05) is 10.8 Å². The van der Waals surface area contributed by atoms with E-state index in [1.807, 2.05) is 30.3 Å². The molecule has 0 radical (unpaired) electrons. The molecule has 19 heavy (non-hydrogen) atoms. The minimum absolute atomic E-state index is 0.292. The summed E-state index contributed by atoms with van der Waals surface area (Å²) in [5, 5.41) is 2.10. The van der Waals surface area contributed by atoms with E-state index in [1.54, 1.807) is 12.1 Å². The summed E-state index contributed by atoms with van der Waals surface area (Å²) >= 11 is 11.5. The number of aromatic nitrogens is 1. The van der Waals surface area contributed by atoms with Crippen molar-refractivity contribution in [1.29, 1.82) is 0 Å². The fraction of sp³-hybridized carbons (Fsp3) is 0. The fourth-order valence-electron chi connectivity index (χ4n) is 2.07. The third-order valence-corrected chi connectivity index (χ3v) is 3.48. The number of carbonyl (C=O) groups is 1. The largest absolute Gasteiger partial charge is 0.358 e. The number of rotatable bonds is 1. The molecule has 0 saturated heterocycles. The summed E-state index contributed by atoms with van der Waals surface area (Å²) in [5.74, 6) is -0.647. The van der Waals surface area contributed by atoms with Gasteiger partial charge in [0.15, 0.2) is 0 Å². The van der Waals surface area contributed by atoms with Crippen LogP contribution in [0.4, 0.5) is 0 Å². The molecule has 0 saturated carbocycles. The zero-order valence-corrected chi connectivity index (χ0v) is 11.1. The van der Waals surface area contributed by atoms with E-state index in [0.29, 0.717) is 21.5 Å². The van der Waals surface area contributed by atoms with Gasteiger partial charge < -0.3 is 4.29 Å². The van der Waals surface area contributed by atoms with Crippen molar-refractivity contribution in [3.8, 4) is 0 Å². The van der Waals surface area contributed by atoms with Gasteiger partial charge in [0.1, 0.15) is 11.9 Å². The lowest BCUT2D eigenvalue weighted by atomic mass is 10.1. The van der Waals surface area contributed by atoms with Crippen molar-refractivity contribution in [3.63, 3.8) is 0 Å². The lowest BCUT2D eigenvalue weighted by Crippen LogP contribution is -2.00. The van der Waals surface area contributed by atoms with Crippen molar-refractivity contribution in [2.24, 2.45) is 0 Å². The Hall–Kier alpha value is -1.84. The van der Waals surface area contributed by atoms with Crippen LogP contribution in [-0.4, -0.2) is 11.0 Å². The van der Waals surface area contributed by atoms with Crippen molar-refractivity contribution in [1.82, 2.24) is 4.98 Å². The molecule has 0 N–H and O–H groups in total. The van der Waals surface area contributed by atoms with Crippen molar-refractivity contribution in [2.75, 3.05) is 0 Å². The van der Waals surface area contributed by atoms with E-state index >= 15 is 0 Å². The third-order valence-electron chi connectivity index (χ3n) is 2.94. The first-order valence-electron chi connectivity index (χ1n) is 5.52. The van der Waals surface area contributed by atoms with Gasteiger partial charge in [-0.1, -0.05) is 41.9 Å².